The third kappa shape index (κ3) is 2.88. The van der Waals surface area contributed by atoms with Crippen LogP contribution in [-0.4, -0.2) is 41.7 Å². The summed E-state index contributed by atoms with van der Waals surface area (Å²) in [7, 11) is 1.60. The Morgan fingerprint density at radius 3 is 2.59 bits per heavy atom. The van der Waals surface area contributed by atoms with Crippen molar-refractivity contribution in [2.75, 3.05) is 25.5 Å². The number of hydrogen-bond acceptors (Lipinski definition) is 4. The second kappa shape index (κ2) is 6.29. The number of imidazole rings is 1. The normalized spacial score (nSPS) is 17.1. The fourth-order valence-corrected chi connectivity index (χ4v) is 2.73. The van der Waals surface area contributed by atoms with Gasteiger partial charge in [-0.15, -0.1) is 0 Å². The number of rotatable bonds is 4. The highest BCUT2D eigenvalue weighted by molar-refractivity contribution is 5.97. The molecule has 1 amide bonds. The summed E-state index contributed by atoms with van der Waals surface area (Å²) in [6.07, 6.45) is 4.86. The van der Waals surface area contributed by atoms with Crippen molar-refractivity contribution < 1.29 is 9.53 Å². The van der Waals surface area contributed by atoms with Gasteiger partial charge in [-0.05, 0) is 50.2 Å². The maximum Gasteiger partial charge on any atom is 0.256 e. The van der Waals surface area contributed by atoms with E-state index < -0.39 is 5.60 Å². The van der Waals surface area contributed by atoms with Crippen molar-refractivity contribution in [2.24, 2.45) is 0 Å². The molecule has 1 saturated heterocycles. The first-order chi connectivity index (χ1) is 10.7. The summed E-state index contributed by atoms with van der Waals surface area (Å²) in [6.45, 7) is 1.58. The predicted octanol–water partition coefficient (Wildman–Crippen LogP) is 1.78. The molecule has 0 atom stereocenters. The molecular formula is C16H20N4O2. The minimum atomic E-state index is -0.731. The molecular weight excluding hydrogens is 280 g/mol. The fraction of sp³-hybridized carbons (Fsp3) is 0.375. The van der Waals surface area contributed by atoms with E-state index in [0.29, 0.717) is 12.8 Å². The Morgan fingerprint density at radius 2 is 2.00 bits per heavy atom. The number of benzene rings is 1. The van der Waals surface area contributed by atoms with Crippen molar-refractivity contribution in [1.29, 1.82) is 0 Å². The van der Waals surface area contributed by atoms with Gasteiger partial charge in [-0.3, -0.25) is 4.79 Å². The Morgan fingerprint density at radius 1 is 1.27 bits per heavy atom. The Hall–Kier alpha value is -2.18. The maximum atomic E-state index is 12.6. The monoisotopic (exact) mass is 300 g/mol. The lowest BCUT2D eigenvalue weighted by Gasteiger charge is -2.34. The zero-order chi connectivity index (χ0) is 15.4. The second-order valence-corrected chi connectivity index (χ2v) is 5.42. The number of carbonyl (C=O) groups excluding carboxylic acids is 1. The van der Waals surface area contributed by atoms with Crippen LogP contribution in [0.1, 0.15) is 12.8 Å². The van der Waals surface area contributed by atoms with E-state index in [0.717, 1.165) is 30.2 Å². The van der Waals surface area contributed by atoms with Crippen LogP contribution in [0.2, 0.25) is 0 Å². The van der Waals surface area contributed by atoms with Crippen molar-refractivity contribution in [3.05, 3.63) is 36.7 Å². The highest BCUT2D eigenvalue weighted by Crippen LogP contribution is 2.25. The maximum absolute atomic E-state index is 12.6. The number of aromatic nitrogens is 2. The number of aromatic amines is 1. The van der Waals surface area contributed by atoms with E-state index in [-0.39, 0.29) is 5.91 Å². The van der Waals surface area contributed by atoms with Crippen molar-refractivity contribution in [3.63, 3.8) is 0 Å². The first kappa shape index (κ1) is 14.7. The molecule has 0 unspecified atom stereocenters. The van der Waals surface area contributed by atoms with Crippen LogP contribution in [0.25, 0.3) is 11.4 Å². The molecule has 0 radical (unpaired) electrons. The Bertz CT molecular complexity index is 616. The van der Waals surface area contributed by atoms with Crippen molar-refractivity contribution in [3.8, 4) is 11.4 Å². The number of amides is 1. The number of H-pyrrole nitrogens is 1. The summed E-state index contributed by atoms with van der Waals surface area (Å²) < 4.78 is 5.53. The molecule has 0 aliphatic carbocycles. The van der Waals surface area contributed by atoms with Gasteiger partial charge < -0.3 is 20.4 Å². The van der Waals surface area contributed by atoms with Gasteiger partial charge in [-0.1, -0.05) is 0 Å². The smallest absolute Gasteiger partial charge is 0.256 e. The number of anilines is 1. The SMILES string of the molecule is COC1(C(=O)Nc2ccc(-c3ncc[nH]3)cc2)CCNCC1. The molecule has 3 rings (SSSR count). The average molecular weight is 300 g/mol. The minimum Gasteiger partial charge on any atom is -0.368 e. The molecule has 1 aromatic carbocycles. The number of nitrogens with one attached hydrogen (secondary N) is 3. The van der Waals surface area contributed by atoms with Gasteiger partial charge in [0.1, 0.15) is 11.4 Å². The Kier molecular flexibility index (Phi) is 4.22. The first-order valence-electron chi connectivity index (χ1n) is 7.41. The third-order valence-corrected chi connectivity index (χ3v) is 4.13. The molecule has 1 aliphatic heterocycles. The predicted molar refractivity (Wildman–Crippen MR) is 84.5 cm³/mol. The molecule has 1 fully saturated rings. The topological polar surface area (TPSA) is 79.0 Å². The van der Waals surface area contributed by atoms with Crippen LogP contribution in [0.15, 0.2) is 36.7 Å². The van der Waals surface area contributed by atoms with E-state index in [2.05, 4.69) is 20.6 Å². The summed E-state index contributed by atoms with van der Waals surface area (Å²) in [4.78, 5) is 19.8. The van der Waals surface area contributed by atoms with E-state index in [1.54, 1.807) is 19.5 Å². The van der Waals surface area contributed by atoms with Crippen LogP contribution < -0.4 is 10.6 Å². The lowest BCUT2D eigenvalue weighted by molar-refractivity contribution is -0.140. The van der Waals surface area contributed by atoms with E-state index in [9.17, 15) is 4.79 Å². The summed E-state index contributed by atoms with van der Waals surface area (Å²) in [5.41, 5.74) is 1.01. The summed E-state index contributed by atoms with van der Waals surface area (Å²) in [5.74, 6) is 0.729. The molecule has 2 aromatic rings. The molecule has 3 N–H and O–H groups in total. The summed E-state index contributed by atoms with van der Waals surface area (Å²) in [5, 5.41) is 6.20. The van der Waals surface area contributed by atoms with Gasteiger partial charge in [-0.2, -0.15) is 0 Å². The summed E-state index contributed by atoms with van der Waals surface area (Å²) >= 11 is 0. The molecule has 2 heterocycles. The van der Waals surface area contributed by atoms with E-state index in [4.69, 9.17) is 4.74 Å². The molecule has 6 heteroatoms. The highest BCUT2D eigenvalue weighted by Gasteiger charge is 2.39. The third-order valence-electron chi connectivity index (χ3n) is 4.13. The van der Waals surface area contributed by atoms with E-state index in [1.165, 1.54) is 0 Å². The molecule has 0 spiro atoms. The van der Waals surface area contributed by atoms with Crippen LogP contribution in [0.3, 0.4) is 0 Å². The van der Waals surface area contributed by atoms with Crippen LogP contribution in [0, 0.1) is 0 Å². The van der Waals surface area contributed by atoms with Gasteiger partial charge in [-0.25, -0.2) is 4.98 Å². The highest BCUT2D eigenvalue weighted by atomic mass is 16.5. The van der Waals surface area contributed by atoms with Gasteiger partial charge in [0, 0.05) is 30.8 Å². The standard InChI is InChI=1S/C16H20N4O2/c1-22-16(6-8-17-9-7-16)15(21)20-13-4-2-12(3-5-13)14-18-10-11-19-14/h2-5,10-11,17H,6-9H2,1H3,(H,18,19)(H,20,21). The van der Waals surface area contributed by atoms with Crippen molar-refractivity contribution in [1.82, 2.24) is 15.3 Å². The van der Waals surface area contributed by atoms with Gasteiger partial charge in [0.25, 0.3) is 5.91 Å². The minimum absolute atomic E-state index is 0.0813. The summed E-state index contributed by atoms with van der Waals surface area (Å²) in [6, 6.07) is 7.60. The van der Waals surface area contributed by atoms with Gasteiger partial charge in [0.15, 0.2) is 0 Å². The largest absolute Gasteiger partial charge is 0.368 e. The van der Waals surface area contributed by atoms with Crippen LogP contribution in [0.4, 0.5) is 5.69 Å². The molecule has 22 heavy (non-hydrogen) atoms. The van der Waals surface area contributed by atoms with Crippen LogP contribution in [-0.2, 0) is 9.53 Å². The number of methoxy groups -OCH3 is 1. The van der Waals surface area contributed by atoms with E-state index in [1.807, 2.05) is 24.3 Å². The lowest BCUT2D eigenvalue weighted by atomic mass is 9.91. The molecule has 6 nitrogen and oxygen atoms in total. The van der Waals surface area contributed by atoms with Gasteiger partial charge >= 0.3 is 0 Å². The first-order valence-corrected chi connectivity index (χ1v) is 7.41. The lowest BCUT2D eigenvalue weighted by Crippen LogP contribution is -2.51. The van der Waals surface area contributed by atoms with Gasteiger partial charge in [0.2, 0.25) is 0 Å². The number of piperidine rings is 1. The number of carbonyl (C=O) groups is 1. The van der Waals surface area contributed by atoms with Crippen LogP contribution >= 0.6 is 0 Å². The second-order valence-electron chi connectivity index (χ2n) is 5.42. The Balaban J connectivity index is 1.71. The fourth-order valence-electron chi connectivity index (χ4n) is 2.73. The number of nitrogens with zero attached hydrogens (tertiary/aromatic N) is 1. The average Bonchev–Trinajstić information content (AvgIpc) is 3.10. The van der Waals surface area contributed by atoms with Gasteiger partial charge in [0.05, 0.1) is 0 Å². The van der Waals surface area contributed by atoms with Crippen molar-refractivity contribution in [2.45, 2.75) is 18.4 Å². The molecule has 1 aliphatic rings. The van der Waals surface area contributed by atoms with E-state index >= 15 is 0 Å². The Labute approximate surface area is 129 Å². The van der Waals surface area contributed by atoms with Crippen LogP contribution in [0.5, 0.6) is 0 Å². The number of hydrogen-bond donors (Lipinski definition) is 3. The molecule has 0 saturated carbocycles. The quantitative estimate of drug-likeness (QED) is 0.804. The molecule has 1 aromatic heterocycles. The molecule has 0 bridgehead atoms. The molecule has 116 valence electrons. The zero-order valence-corrected chi connectivity index (χ0v) is 12.6. The van der Waals surface area contributed by atoms with Crippen molar-refractivity contribution >= 4 is 11.6 Å². The number of ether oxygens (including phenoxy) is 1. The zero-order valence-electron chi connectivity index (χ0n) is 12.6.